The Bertz CT molecular complexity index is 427. The third kappa shape index (κ3) is 4.56. The van der Waals surface area contributed by atoms with E-state index in [0.717, 1.165) is 42.6 Å². The minimum absolute atomic E-state index is 0.759. The Kier molecular flexibility index (Phi) is 6.23. The third-order valence-corrected chi connectivity index (χ3v) is 4.34. The lowest BCUT2D eigenvalue weighted by atomic mass is 9.97. The summed E-state index contributed by atoms with van der Waals surface area (Å²) in [6, 6.07) is 0. The van der Waals surface area contributed by atoms with Crippen molar-refractivity contribution < 1.29 is 0 Å². The molecule has 1 aromatic rings. The van der Waals surface area contributed by atoms with Gasteiger partial charge in [0.2, 0.25) is 0 Å². The predicted octanol–water partition coefficient (Wildman–Crippen LogP) is 2.75. The molecule has 2 heterocycles. The number of hydrogen-bond acceptors (Lipinski definition) is 5. The highest BCUT2D eigenvalue weighted by Gasteiger charge is 2.18. The van der Waals surface area contributed by atoms with Crippen LogP contribution in [-0.2, 0) is 0 Å². The Morgan fingerprint density at radius 2 is 1.81 bits per heavy atom. The Morgan fingerprint density at radius 1 is 1.14 bits per heavy atom. The molecule has 1 fully saturated rings. The standard InChI is InChI=1S/C16H29N5/c1-4-8-17-15-13(3)16(20-12-19-15)18-11-14-6-9-21(5-2)10-7-14/h12,14H,4-11H2,1-3H3,(H2,17,18,19,20). The van der Waals surface area contributed by atoms with E-state index in [1.54, 1.807) is 6.33 Å². The maximum Gasteiger partial charge on any atom is 0.134 e. The molecule has 0 radical (unpaired) electrons. The van der Waals surface area contributed by atoms with Crippen molar-refractivity contribution in [2.75, 3.05) is 43.4 Å². The lowest BCUT2D eigenvalue weighted by Crippen LogP contribution is -2.35. The smallest absolute Gasteiger partial charge is 0.134 e. The van der Waals surface area contributed by atoms with Crippen LogP contribution in [0.2, 0.25) is 0 Å². The average molecular weight is 291 g/mol. The number of nitrogens with one attached hydrogen (secondary N) is 2. The molecule has 0 saturated carbocycles. The van der Waals surface area contributed by atoms with Gasteiger partial charge in [0.15, 0.2) is 0 Å². The minimum atomic E-state index is 0.759. The number of hydrogen-bond donors (Lipinski definition) is 2. The number of piperidine rings is 1. The van der Waals surface area contributed by atoms with Gasteiger partial charge in [-0.05, 0) is 51.7 Å². The van der Waals surface area contributed by atoms with Crippen molar-refractivity contribution in [3.8, 4) is 0 Å². The molecule has 0 amide bonds. The molecule has 0 atom stereocenters. The maximum atomic E-state index is 4.39. The monoisotopic (exact) mass is 291 g/mol. The molecule has 5 nitrogen and oxygen atoms in total. The highest BCUT2D eigenvalue weighted by molar-refractivity contribution is 5.56. The van der Waals surface area contributed by atoms with E-state index in [9.17, 15) is 0 Å². The van der Waals surface area contributed by atoms with Crippen LogP contribution in [-0.4, -0.2) is 47.6 Å². The Labute approximate surface area is 128 Å². The van der Waals surface area contributed by atoms with Crippen molar-refractivity contribution in [3.63, 3.8) is 0 Å². The van der Waals surface area contributed by atoms with Crippen LogP contribution in [0.4, 0.5) is 11.6 Å². The van der Waals surface area contributed by atoms with E-state index in [1.807, 2.05) is 0 Å². The van der Waals surface area contributed by atoms with Gasteiger partial charge < -0.3 is 15.5 Å². The van der Waals surface area contributed by atoms with Gasteiger partial charge >= 0.3 is 0 Å². The van der Waals surface area contributed by atoms with Gasteiger partial charge in [-0.15, -0.1) is 0 Å². The first kappa shape index (κ1) is 16.0. The molecule has 2 rings (SSSR count). The zero-order chi connectivity index (χ0) is 15.1. The average Bonchev–Trinajstić information content (AvgIpc) is 2.53. The van der Waals surface area contributed by atoms with E-state index in [4.69, 9.17) is 0 Å². The summed E-state index contributed by atoms with van der Waals surface area (Å²) in [5, 5.41) is 6.88. The second-order valence-electron chi connectivity index (χ2n) is 5.88. The zero-order valence-electron chi connectivity index (χ0n) is 13.7. The molecule has 1 saturated heterocycles. The molecule has 0 bridgehead atoms. The van der Waals surface area contributed by atoms with E-state index in [-0.39, 0.29) is 0 Å². The molecule has 1 aromatic heterocycles. The van der Waals surface area contributed by atoms with Crippen LogP contribution in [0.15, 0.2) is 6.33 Å². The van der Waals surface area contributed by atoms with E-state index in [0.29, 0.717) is 0 Å². The molecule has 2 N–H and O–H groups in total. The topological polar surface area (TPSA) is 53.1 Å². The van der Waals surface area contributed by atoms with Gasteiger partial charge in [-0.2, -0.15) is 0 Å². The van der Waals surface area contributed by atoms with Gasteiger partial charge in [-0.3, -0.25) is 0 Å². The summed E-state index contributed by atoms with van der Waals surface area (Å²) in [5.41, 5.74) is 1.12. The van der Waals surface area contributed by atoms with Crippen LogP contribution >= 0.6 is 0 Å². The maximum absolute atomic E-state index is 4.39. The Hall–Kier alpha value is -1.36. The summed E-state index contributed by atoms with van der Waals surface area (Å²) in [4.78, 5) is 11.2. The van der Waals surface area contributed by atoms with Gasteiger partial charge in [-0.25, -0.2) is 9.97 Å². The van der Waals surface area contributed by atoms with Crippen molar-refractivity contribution in [2.45, 2.75) is 40.0 Å². The molecule has 0 unspecified atom stereocenters. The van der Waals surface area contributed by atoms with Crippen LogP contribution < -0.4 is 10.6 Å². The van der Waals surface area contributed by atoms with E-state index >= 15 is 0 Å². The van der Waals surface area contributed by atoms with Crippen LogP contribution in [0, 0.1) is 12.8 Å². The van der Waals surface area contributed by atoms with E-state index in [1.165, 1.54) is 32.5 Å². The number of aromatic nitrogens is 2. The highest BCUT2D eigenvalue weighted by atomic mass is 15.1. The second-order valence-corrected chi connectivity index (χ2v) is 5.88. The van der Waals surface area contributed by atoms with Gasteiger partial charge in [0, 0.05) is 18.7 Å². The predicted molar refractivity (Wildman–Crippen MR) is 88.9 cm³/mol. The normalized spacial score (nSPS) is 16.9. The summed E-state index contributed by atoms with van der Waals surface area (Å²) < 4.78 is 0. The molecular formula is C16H29N5. The highest BCUT2D eigenvalue weighted by Crippen LogP contribution is 2.21. The number of likely N-dealkylation sites (tertiary alicyclic amines) is 1. The lowest BCUT2D eigenvalue weighted by Gasteiger charge is -2.31. The molecule has 21 heavy (non-hydrogen) atoms. The second kappa shape index (κ2) is 8.17. The SMILES string of the molecule is CCCNc1ncnc(NCC2CCN(CC)CC2)c1C. The first-order chi connectivity index (χ1) is 10.2. The Balaban J connectivity index is 1.85. The molecule has 0 aliphatic carbocycles. The van der Waals surface area contributed by atoms with E-state index < -0.39 is 0 Å². The molecule has 0 aromatic carbocycles. The summed E-state index contributed by atoms with van der Waals surface area (Å²) >= 11 is 0. The van der Waals surface area contributed by atoms with Gasteiger partial charge in [-0.1, -0.05) is 13.8 Å². The van der Waals surface area contributed by atoms with Gasteiger partial charge in [0.1, 0.15) is 18.0 Å². The van der Waals surface area contributed by atoms with Gasteiger partial charge in [0.05, 0.1) is 0 Å². The van der Waals surface area contributed by atoms with Crippen molar-refractivity contribution in [2.24, 2.45) is 5.92 Å². The summed E-state index contributed by atoms with van der Waals surface area (Å²) in [6.45, 7) is 12.1. The quantitative estimate of drug-likeness (QED) is 0.809. The van der Waals surface area contributed by atoms with Crippen molar-refractivity contribution >= 4 is 11.6 Å². The van der Waals surface area contributed by atoms with E-state index in [2.05, 4.69) is 46.3 Å². The molecule has 0 spiro atoms. The number of nitrogens with zero attached hydrogens (tertiary/aromatic N) is 3. The third-order valence-electron chi connectivity index (χ3n) is 4.34. The molecule has 1 aliphatic rings. The molecule has 118 valence electrons. The van der Waals surface area contributed by atoms with Crippen LogP contribution in [0.5, 0.6) is 0 Å². The number of rotatable bonds is 7. The van der Waals surface area contributed by atoms with Crippen LogP contribution in [0.1, 0.15) is 38.7 Å². The largest absolute Gasteiger partial charge is 0.370 e. The molecule has 1 aliphatic heterocycles. The first-order valence-electron chi connectivity index (χ1n) is 8.26. The van der Waals surface area contributed by atoms with Crippen molar-refractivity contribution in [1.82, 2.24) is 14.9 Å². The first-order valence-corrected chi connectivity index (χ1v) is 8.26. The fourth-order valence-corrected chi connectivity index (χ4v) is 2.80. The van der Waals surface area contributed by atoms with Crippen LogP contribution in [0.3, 0.4) is 0 Å². The van der Waals surface area contributed by atoms with Crippen molar-refractivity contribution in [1.29, 1.82) is 0 Å². The summed E-state index contributed by atoms with van der Waals surface area (Å²) in [6.07, 6.45) is 5.31. The fourth-order valence-electron chi connectivity index (χ4n) is 2.80. The molecular weight excluding hydrogens is 262 g/mol. The van der Waals surface area contributed by atoms with Gasteiger partial charge in [0.25, 0.3) is 0 Å². The summed E-state index contributed by atoms with van der Waals surface area (Å²) in [5.74, 6) is 2.69. The fraction of sp³-hybridized carbons (Fsp3) is 0.750. The minimum Gasteiger partial charge on any atom is -0.370 e. The zero-order valence-corrected chi connectivity index (χ0v) is 13.7. The number of anilines is 2. The van der Waals surface area contributed by atoms with Crippen molar-refractivity contribution in [3.05, 3.63) is 11.9 Å². The molecule has 5 heteroatoms. The lowest BCUT2D eigenvalue weighted by molar-refractivity contribution is 0.198. The summed E-state index contributed by atoms with van der Waals surface area (Å²) in [7, 11) is 0. The Morgan fingerprint density at radius 3 is 2.43 bits per heavy atom. The van der Waals surface area contributed by atoms with Crippen LogP contribution in [0.25, 0.3) is 0 Å².